The summed E-state index contributed by atoms with van der Waals surface area (Å²) in [5, 5.41) is 75.6. The van der Waals surface area contributed by atoms with Crippen LogP contribution >= 0.6 is 0 Å². The fourth-order valence-electron chi connectivity index (χ4n) is 6.74. The summed E-state index contributed by atoms with van der Waals surface area (Å²) in [6.45, 7) is 12.5. The molecule has 0 radical (unpaired) electrons. The second kappa shape index (κ2) is 47.7. The number of rotatable bonds is 51. The third-order valence-electron chi connectivity index (χ3n) is 11.1. The van der Waals surface area contributed by atoms with Gasteiger partial charge in [0.1, 0.15) is 6.23 Å². The van der Waals surface area contributed by atoms with E-state index in [1.54, 1.807) is 0 Å². The molecule has 77 heavy (non-hydrogen) atoms. The lowest BCUT2D eigenvalue weighted by Gasteiger charge is -2.24. The van der Waals surface area contributed by atoms with Gasteiger partial charge in [-0.25, -0.2) is 20.3 Å². The van der Waals surface area contributed by atoms with Crippen LogP contribution in [-0.2, 0) is 57.2 Å². The van der Waals surface area contributed by atoms with Crippen molar-refractivity contribution in [2.45, 2.75) is 168 Å². The van der Waals surface area contributed by atoms with E-state index < -0.39 is 41.9 Å². The molecule has 0 spiro atoms. The first-order valence-corrected chi connectivity index (χ1v) is 27.3. The average Bonchev–Trinajstić information content (AvgIpc) is 3.38. The maximum Gasteiger partial charge on any atom is 0.246 e. The zero-order valence-electron chi connectivity index (χ0n) is 46.5. The monoisotopic (exact) mass is 1110 g/mol. The Bertz CT molecular complexity index is 1580. The molecule has 0 saturated heterocycles. The third kappa shape index (κ3) is 47.5. The lowest BCUT2D eigenvalue weighted by molar-refractivity contribution is -0.182. The molecule has 0 fully saturated rings. The van der Waals surface area contributed by atoms with Gasteiger partial charge in [0.05, 0.1) is 58.5 Å². The van der Waals surface area contributed by atoms with Crippen LogP contribution in [0.15, 0.2) is 0 Å². The Morgan fingerprint density at radius 3 is 1.12 bits per heavy atom. The van der Waals surface area contributed by atoms with E-state index in [2.05, 4.69) is 26.6 Å². The van der Waals surface area contributed by atoms with E-state index in [-0.39, 0.29) is 82.4 Å². The number of unbranched alkanes of at least 4 members (excludes halogenated alkanes) is 8. The number of nitrogens with zero attached hydrogens (tertiary/aromatic N) is 4. The smallest absolute Gasteiger partial charge is 0.246 e. The fourth-order valence-corrected chi connectivity index (χ4v) is 6.74. The van der Waals surface area contributed by atoms with Crippen LogP contribution in [0.25, 0.3) is 0 Å². The summed E-state index contributed by atoms with van der Waals surface area (Å²) in [5.41, 5.74) is -0.449. The highest BCUT2D eigenvalue weighted by molar-refractivity contribution is 5.84. The fraction of sp³-hybridized carbons (Fsp3) is 0.860. The van der Waals surface area contributed by atoms with Crippen LogP contribution in [0.4, 0.5) is 0 Å². The van der Waals surface area contributed by atoms with Crippen LogP contribution in [-0.4, -0.2) is 223 Å². The molecule has 0 aromatic heterocycles. The Morgan fingerprint density at radius 1 is 0.416 bits per heavy atom. The van der Waals surface area contributed by atoms with Gasteiger partial charge in [-0.3, -0.25) is 65.0 Å². The number of aliphatic hydroxyl groups excluding tert-OH is 2. The molecule has 0 aliphatic heterocycles. The van der Waals surface area contributed by atoms with Crippen molar-refractivity contribution in [1.82, 2.24) is 46.8 Å². The summed E-state index contributed by atoms with van der Waals surface area (Å²) < 4.78 is 27.2. The highest BCUT2D eigenvalue weighted by Crippen LogP contribution is 2.08. The first-order chi connectivity index (χ1) is 36.7. The van der Waals surface area contributed by atoms with Crippen LogP contribution in [0.5, 0.6) is 0 Å². The van der Waals surface area contributed by atoms with E-state index in [1.165, 1.54) is 6.92 Å². The van der Waals surface area contributed by atoms with E-state index in [1.807, 2.05) is 20.8 Å². The number of hydrogen-bond donors (Lipinski definition) is 11. The number of amides is 7. The van der Waals surface area contributed by atoms with Gasteiger partial charge in [-0.15, -0.1) is 0 Å². The molecule has 27 nitrogen and oxygen atoms in total. The van der Waals surface area contributed by atoms with Crippen molar-refractivity contribution in [3.8, 4) is 0 Å². The highest BCUT2D eigenvalue weighted by Gasteiger charge is 2.18. The number of carbonyl (C=O) groups is 7. The summed E-state index contributed by atoms with van der Waals surface area (Å²) in [4.78, 5) is 84.0. The molecule has 0 aliphatic carbocycles. The molecule has 0 bridgehead atoms. The Hall–Kier alpha value is -4.23. The number of carbonyl (C=O) groups excluding carboxylic acids is 7. The molecule has 7 amide bonds. The molecule has 0 aromatic carbocycles. The number of hydroxylamine groups is 8. The molecule has 2 unspecified atom stereocenters. The molecule has 0 rings (SSSR count). The predicted molar refractivity (Wildman–Crippen MR) is 279 cm³/mol. The Balaban J connectivity index is 3.73. The summed E-state index contributed by atoms with van der Waals surface area (Å²) in [5.74, 6) is -3.22. The van der Waals surface area contributed by atoms with E-state index in [0.717, 1.165) is 0 Å². The van der Waals surface area contributed by atoms with Crippen molar-refractivity contribution in [2.75, 3.05) is 112 Å². The standard InChI is InChI=1S/C50H97N9O18/c1-41(60)56(69)29-13-5-9-24-51-42(61)17-20-46(65)57(70)30-14-6-10-25-52-43(62)18-21-47(66)58(71)31-15-7-11-26-53-44(63)19-22-48(67)59(72)32-16-8-12-27-54-45(64)23-33-73-35-37-75-39-40-76-38-36-74-34-28-55-49(68)77-50(2,3)4/h45,49,54-55,64,68-72H,5-40H2,1-4H3,(H,51,61)(H,52,62)(H,53,63). The quantitative estimate of drug-likeness (QED) is 0.0177. The summed E-state index contributed by atoms with van der Waals surface area (Å²) in [7, 11) is 0. The van der Waals surface area contributed by atoms with Gasteiger partial charge < -0.3 is 49.8 Å². The zero-order valence-corrected chi connectivity index (χ0v) is 46.5. The Morgan fingerprint density at radius 2 is 0.753 bits per heavy atom. The largest absolute Gasteiger partial charge is 0.379 e. The average molecular weight is 1110 g/mol. The van der Waals surface area contributed by atoms with Gasteiger partial charge in [0.25, 0.3) is 0 Å². The topological polar surface area (TPSA) is 360 Å². The van der Waals surface area contributed by atoms with Crippen LogP contribution in [0.3, 0.4) is 0 Å². The van der Waals surface area contributed by atoms with Crippen LogP contribution in [0, 0.1) is 0 Å². The zero-order chi connectivity index (χ0) is 57.5. The molecule has 11 N–H and O–H groups in total. The summed E-state index contributed by atoms with van der Waals surface area (Å²) >= 11 is 0. The van der Waals surface area contributed by atoms with Gasteiger partial charge >= 0.3 is 0 Å². The Kier molecular flexibility index (Phi) is 45.1. The van der Waals surface area contributed by atoms with E-state index in [9.17, 15) is 64.6 Å². The number of nitrogens with one attached hydrogen (secondary N) is 5. The third-order valence-corrected chi connectivity index (χ3v) is 11.1. The van der Waals surface area contributed by atoms with Gasteiger partial charge in [-0.05, 0) is 97.9 Å². The van der Waals surface area contributed by atoms with Crippen LogP contribution < -0.4 is 26.6 Å². The number of aliphatic hydroxyl groups is 2. The minimum atomic E-state index is -1.05. The van der Waals surface area contributed by atoms with Crippen molar-refractivity contribution < 1.29 is 88.3 Å². The van der Waals surface area contributed by atoms with Crippen LogP contribution in [0.2, 0.25) is 0 Å². The molecular formula is C50H97N9O18. The lowest BCUT2D eigenvalue weighted by atomic mass is 10.2. The highest BCUT2D eigenvalue weighted by atomic mass is 16.6. The molecular weight excluding hydrogens is 1010 g/mol. The molecule has 2 atom stereocenters. The lowest BCUT2D eigenvalue weighted by Crippen LogP contribution is -2.39. The SMILES string of the molecule is CC(=O)N(O)CCCCCNC(=O)CCC(=O)N(O)CCCCCNC(=O)CCC(=O)N(O)CCCCCNC(=O)CCC(=O)N(O)CCCCCNC(O)CCOCCOCCOCCOCCNC(O)OC(C)(C)C. The molecule has 0 heterocycles. The molecule has 0 aromatic rings. The minimum Gasteiger partial charge on any atom is -0.379 e. The minimum absolute atomic E-state index is 0.0514. The van der Waals surface area contributed by atoms with Crippen molar-refractivity contribution in [3.63, 3.8) is 0 Å². The molecule has 27 heteroatoms. The van der Waals surface area contributed by atoms with Gasteiger partial charge in [-0.1, -0.05) is 6.42 Å². The first kappa shape index (κ1) is 72.8. The molecule has 0 aliphatic rings. The maximum atomic E-state index is 12.3. The predicted octanol–water partition coefficient (Wildman–Crippen LogP) is 1.29. The second-order valence-corrected chi connectivity index (χ2v) is 19.2. The maximum absolute atomic E-state index is 12.3. The number of ether oxygens (including phenoxy) is 5. The number of hydrogen-bond acceptors (Lipinski definition) is 20. The first-order valence-electron chi connectivity index (χ1n) is 27.3. The van der Waals surface area contributed by atoms with Crippen molar-refractivity contribution in [2.24, 2.45) is 0 Å². The van der Waals surface area contributed by atoms with Crippen molar-refractivity contribution in [3.05, 3.63) is 0 Å². The summed E-state index contributed by atoms with van der Waals surface area (Å²) in [6, 6.07) is 0. The second-order valence-electron chi connectivity index (χ2n) is 19.2. The van der Waals surface area contributed by atoms with E-state index >= 15 is 0 Å². The van der Waals surface area contributed by atoms with Crippen molar-refractivity contribution >= 4 is 41.4 Å². The van der Waals surface area contributed by atoms with E-state index in [4.69, 9.17) is 23.7 Å². The Labute approximate surface area is 455 Å². The van der Waals surface area contributed by atoms with Gasteiger partial charge in [0.15, 0.2) is 0 Å². The van der Waals surface area contributed by atoms with E-state index in [0.29, 0.717) is 189 Å². The van der Waals surface area contributed by atoms with Gasteiger partial charge in [-0.2, -0.15) is 0 Å². The molecule has 0 saturated carbocycles. The normalized spacial score (nSPS) is 12.2. The molecule has 450 valence electrons. The van der Waals surface area contributed by atoms with Gasteiger partial charge in [0, 0.05) is 104 Å². The van der Waals surface area contributed by atoms with Crippen molar-refractivity contribution in [1.29, 1.82) is 0 Å². The van der Waals surface area contributed by atoms with Crippen LogP contribution in [0.1, 0.15) is 150 Å². The van der Waals surface area contributed by atoms with Gasteiger partial charge in [0.2, 0.25) is 47.8 Å². The summed E-state index contributed by atoms with van der Waals surface area (Å²) in [6.07, 6.45) is 4.93.